The number of carbonyl (C=O) groups is 1. The van der Waals surface area contributed by atoms with Crippen molar-refractivity contribution >= 4 is 17.7 Å². The van der Waals surface area contributed by atoms with Crippen LogP contribution in [0.1, 0.15) is 6.92 Å². The van der Waals surface area contributed by atoms with E-state index >= 15 is 0 Å². The summed E-state index contributed by atoms with van der Waals surface area (Å²) < 4.78 is 4.89. The average molecular weight is 193 g/mol. The molecule has 3 N–H and O–H groups in total. The lowest BCUT2D eigenvalue weighted by molar-refractivity contribution is -0.137. The first-order chi connectivity index (χ1) is 5.57. The minimum absolute atomic E-state index is 0.292. The molecule has 0 aliphatic carbocycles. The number of ether oxygens (including phenoxy) is 1. The molecule has 0 aliphatic heterocycles. The van der Waals surface area contributed by atoms with Gasteiger partial charge >= 0.3 is 5.97 Å². The first-order valence-corrected chi connectivity index (χ1v) is 4.71. The van der Waals surface area contributed by atoms with Crippen molar-refractivity contribution in [3.05, 3.63) is 0 Å². The van der Waals surface area contributed by atoms with Gasteiger partial charge in [-0.25, -0.2) is 0 Å². The molecule has 0 rings (SSSR count). The summed E-state index contributed by atoms with van der Waals surface area (Å²) in [6.07, 6.45) is 0. The molecular weight excluding hydrogens is 178 g/mol. The lowest BCUT2D eigenvalue weighted by atomic mass is 10.4. The number of nitrogens with two attached hydrogens (primary N) is 1. The first-order valence-electron chi connectivity index (χ1n) is 3.66. The summed E-state index contributed by atoms with van der Waals surface area (Å²) in [5.74, 6) is -0.521. The van der Waals surface area contributed by atoms with E-state index in [1.54, 1.807) is 7.11 Å². The number of hydrogen-bond acceptors (Lipinski definition) is 4. The standard InChI is InChI=1S/C7H15NO3S/c1-5(3-11-2)12-4-6(8)7(9)10/h5-6H,3-4,8H2,1-2H3,(H,9,10)/t5?,6-/m0/s1. The highest BCUT2D eigenvalue weighted by Crippen LogP contribution is 2.10. The van der Waals surface area contributed by atoms with Gasteiger partial charge in [0.1, 0.15) is 6.04 Å². The normalized spacial score (nSPS) is 15.6. The predicted molar refractivity (Wildman–Crippen MR) is 49.4 cm³/mol. The van der Waals surface area contributed by atoms with Gasteiger partial charge in [-0.15, -0.1) is 0 Å². The van der Waals surface area contributed by atoms with E-state index in [0.717, 1.165) is 0 Å². The fraction of sp³-hybridized carbons (Fsp3) is 0.857. The number of carboxylic acids is 1. The van der Waals surface area contributed by atoms with Gasteiger partial charge < -0.3 is 15.6 Å². The maximum Gasteiger partial charge on any atom is 0.321 e. The molecule has 0 aromatic carbocycles. The molecule has 0 saturated heterocycles. The van der Waals surface area contributed by atoms with Crippen LogP contribution in [0.15, 0.2) is 0 Å². The van der Waals surface area contributed by atoms with E-state index in [0.29, 0.717) is 17.6 Å². The molecule has 4 nitrogen and oxygen atoms in total. The number of rotatable bonds is 6. The Labute approximate surface area is 76.5 Å². The quantitative estimate of drug-likeness (QED) is 0.629. The zero-order valence-electron chi connectivity index (χ0n) is 7.32. The Balaban J connectivity index is 3.46. The predicted octanol–water partition coefficient (Wildman–Crippen LogP) is 0.166. The van der Waals surface area contributed by atoms with E-state index in [1.165, 1.54) is 11.8 Å². The average Bonchev–Trinajstić information content (AvgIpc) is 2.00. The highest BCUT2D eigenvalue weighted by Gasteiger charge is 2.12. The smallest absolute Gasteiger partial charge is 0.321 e. The van der Waals surface area contributed by atoms with Gasteiger partial charge in [0.25, 0.3) is 0 Å². The van der Waals surface area contributed by atoms with Crippen LogP contribution < -0.4 is 5.73 Å². The Hall–Kier alpha value is -0.260. The second kappa shape index (κ2) is 6.28. The molecule has 12 heavy (non-hydrogen) atoms. The van der Waals surface area contributed by atoms with Gasteiger partial charge in [0, 0.05) is 18.1 Å². The lowest BCUT2D eigenvalue weighted by Crippen LogP contribution is -2.33. The second-order valence-electron chi connectivity index (χ2n) is 2.54. The van der Waals surface area contributed by atoms with Crippen LogP contribution in [0.25, 0.3) is 0 Å². The minimum atomic E-state index is -0.952. The number of methoxy groups -OCH3 is 1. The molecule has 0 spiro atoms. The number of carboxylic acid groups (broad SMARTS) is 1. The molecule has 72 valence electrons. The van der Waals surface area contributed by atoms with Crippen LogP contribution >= 0.6 is 11.8 Å². The van der Waals surface area contributed by atoms with Gasteiger partial charge in [0.15, 0.2) is 0 Å². The lowest BCUT2D eigenvalue weighted by Gasteiger charge is -2.11. The molecular formula is C7H15NO3S. The summed E-state index contributed by atoms with van der Waals surface area (Å²) in [6, 6.07) is -0.769. The summed E-state index contributed by atoms with van der Waals surface area (Å²) in [5.41, 5.74) is 5.30. The molecule has 0 radical (unpaired) electrons. The summed E-state index contributed by atoms with van der Waals surface area (Å²) in [7, 11) is 1.62. The van der Waals surface area contributed by atoms with Gasteiger partial charge in [0.05, 0.1) is 6.61 Å². The van der Waals surface area contributed by atoms with Crippen LogP contribution in [0.5, 0.6) is 0 Å². The van der Waals surface area contributed by atoms with Crippen molar-refractivity contribution in [2.24, 2.45) is 5.73 Å². The van der Waals surface area contributed by atoms with Gasteiger partial charge in [-0.3, -0.25) is 4.79 Å². The van der Waals surface area contributed by atoms with Crippen LogP contribution in [0.3, 0.4) is 0 Å². The number of hydrogen-bond donors (Lipinski definition) is 2. The number of aliphatic carboxylic acids is 1. The van der Waals surface area contributed by atoms with Gasteiger partial charge in [-0.2, -0.15) is 11.8 Å². The molecule has 1 unspecified atom stereocenters. The van der Waals surface area contributed by atoms with Gasteiger partial charge in [-0.1, -0.05) is 6.92 Å². The molecule has 0 heterocycles. The SMILES string of the molecule is COCC(C)SC[C@H](N)C(=O)O. The van der Waals surface area contributed by atoms with E-state index < -0.39 is 12.0 Å². The minimum Gasteiger partial charge on any atom is -0.480 e. The van der Waals surface area contributed by atoms with Crippen molar-refractivity contribution < 1.29 is 14.6 Å². The van der Waals surface area contributed by atoms with Crippen LogP contribution in [-0.2, 0) is 9.53 Å². The Morgan fingerprint density at radius 2 is 2.33 bits per heavy atom. The molecule has 0 aromatic heterocycles. The summed E-state index contributed by atoms with van der Waals surface area (Å²) in [5, 5.41) is 8.75. The Morgan fingerprint density at radius 3 is 2.75 bits per heavy atom. The van der Waals surface area contributed by atoms with Crippen molar-refractivity contribution in [3.63, 3.8) is 0 Å². The fourth-order valence-electron chi connectivity index (χ4n) is 0.622. The highest BCUT2D eigenvalue weighted by molar-refractivity contribution is 7.99. The second-order valence-corrected chi connectivity index (χ2v) is 4.02. The Kier molecular flexibility index (Phi) is 6.14. The highest BCUT2D eigenvalue weighted by atomic mass is 32.2. The van der Waals surface area contributed by atoms with E-state index in [9.17, 15) is 4.79 Å². The zero-order chi connectivity index (χ0) is 9.56. The first kappa shape index (κ1) is 11.7. The molecule has 2 atom stereocenters. The van der Waals surface area contributed by atoms with Crippen LogP contribution in [-0.4, -0.2) is 41.8 Å². The van der Waals surface area contributed by atoms with Crippen molar-refractivity contribution in [3.8, 4) is 0 Å². The molecule has 5 heteroatoms. The Morgan fingerprint density at radius 1 is 1.75 bits per heavy atom. The van der Waals surface area contributed by atoms with Crippen LogP contribution in [0, 0.1) is 0 Å². The van der Waals surface area contributed by atoms with Gasteiger partial charge in [-0.05, 0) is 0 Å². The third-order valence-electron chi connectivity index (χ3n) is 1.28. The fourth-order valence-corrected chi connectivity index (χ4v) is 1.53. The molecule has 0 saturated carbocycles. The van der Waals surface area contributed by atoms with Crippen LogP contribution in [0.4, 0.5) is 0 Å². The summed E-state index contributed by atoms with van der Waals surface area (Å²) >= 11 is 1.51. The van der Waals surface area contributed by atoms with Crippen molar-refractivity contribution in [1.82, 2.24) is 0 Å². The zero-order valence-corrected chi connectivity index (χ0v) is 8.13. The molecule has 0 aliphatic rings. The van der Waals surface area contributed by atoms with Crippen molar-refractivity contribution in [2.45, 2.75) is 18.2 Å². The third kappa shape index (κ3) is 5.40. The van der Waals surface area contributed by atoms with E-state index in [4.69, 9.17) is 15.6 Å². The monoisotopic (exact) mass is 193 g/mol. The van der Waals surface area contributed by atoms with Gasteiger partial charge in [0.2, 0.25) is 0 Å². The molecule has 0 amide bonds. The topological polar surface area (TPSA) is 72.5 Å². The number of thioether (sulfide) groups is 1. The maximum atomic E-state index is 10.3. The molecule has 0 fully saturated rings. The van der Waals surface area contributed by atoms with E-state index in [2.05, 4.69) is 0 Å². The Bertz CT molecular complexity index is 143. The maximum absolute atomic E-state index is 10.3. The van der Waals surface area contributed by atoms with E-state index in [1.807, 2.05) is 6.92 Å². The molecule has 0 aromatic rings. The summed E-state index contributed by atoms with van der Waals surface area (Å²) in [6.45, 7) is 2.60. The van der Waals surface area contributed by atoms with Crippen LogP contribution in [0.2, 0.25) is 0 Å². The van der Waals surface area contributed by atoms with E-state index in [-0.39, 0.29) is 0 Å². The van der Waals surface area contributed by atoms with Crippen molar-refractivity contribution in [2.75, 3.05) is 19.5 Å². The molecule has 0 bridgehead atoms. The summed E-state index contributed by atoms with van der Waals surface area (Å²) in [4.78, 5) is 10.3. The largest absolute Gasteiger partial charge is 0.480 e. The third-order valence-corrected chi connectivity index (χ3v) is 2.54. The van der Waals surface area contributed by atoms with Crippen molar-refractivity contribution in [1.29, 1.82) is 0 Å².